The minimum absolute atomic E-state index is 0.276. The molecule has 0 radical (unpaired) electrons. The smallest absolute Gasteiger partial charge is 0.258 e. The Morgan fingerprint density at radius 1 is 0.930 bits per heavy atom. The Labute approximate surface area is 254 Å². The van der Waals surface area contributed by atoms with Crippen molar-refractivity contribution in [2.45, 2.75) is 46.2 Å². The SMILES string of the molecule is C/C=C\C=C/CCC(C=O)NC(=O)COc1cccc2c1c1c(C(N)=O)cccc1n2Cc1ccccc1.CC.COC. The number of ether oxygens (including phenoxy) is 2. The van der Waals surface area contributed by atoms with Crippen molar-refractivity contribution >= 4 is 39.9 Å². The highest BCUT2D eigenvalue weighted by atomic mass is 16.5. The van der Waals surface area contributed by atoms with Crippen LogP contribution < -0.4 is 15.8 Å². The molecule has 0 fully saturated rings. The zero-order valence-electron chi connectivity index (χ0n) is 25.7. The Kier molecular flexibility index (Phi) is 15.0. The molecule has 0 saturated heterocycles. The number of rotatable bonds is 12. The first-order chi connectivity index (χ1) is 20.9. The molecule has 0 saturated carbocycles. The zero-order chi connectivity index (χ0) is 31.6. The number of hydrogen-bond acceptors (Lipinski definition) is 5. The van der Waals surface area contributed by atoms with Crippen LogP contribution >= 0.6 is 0 Å². The summed E-state index contributed by atoms with van der Waals surface area (Å²) in [5, 5.41) is 4.11. The number of benzene rings is 3. The van der Waals surface area contributed by atoms with Crippen LogP contribution in [0.2, 0.25) is 0 Å². The Hall–Kier alpha value is -4.69. The van der Waals surface area contributed by atoms with Crippen molar-refractivity contribution in [2.24, 2.45) is 5.73 Å². The summed E-state index contributed by atoms with van der Waals surface area (Å²) in [6, 6.07) is 20.4. The second kappa shape index (κ2) is 18.7. The van der Waals surface area contributed by atoms with Gasteiger partial charge in [0.05, 0.1) is 22.5 Å². The number of amides is 2. The maximum absolute atomic E-state index is 12.6. The quantitative estimate of drug-likeness (QED) is 0.152. The van der Waals surface area contributed by atoms with Crippen molar-refractivity contribution in [1.82, 2.24) is 9.88 Å². The molecule has 3 N–H and O–H groups in total. The Bertz CT molecular complexity index is 1520. The number of nitrogens with zero attached hydrogens (tertiary/aromatic N) is 1. The van der Waals surface area contributed by atoms with Gasteiger partial charge < -0.3 is 29.9 Å². The minimum Gasteiger partial charge on any atom is -0.483 e. The molecular weight excluding hydrogens is 542 g/mol. The standard InChI is InChI=1S/C31H31N3O4.C2H6O.C2H6/c1-2-3-4-5-9-14-23(20-35)33-28(36)21-38-27-18-11-17-26-30(27)29-24(31(32)37)15-10-16-25(29)34(26)19-22-12-7-6-8-13-22;1-3-2;1-2/h2-8,10-13,15-18,20,23H,9,14,19,21H2,1H3,(H2,32,37)(H,33,36);1-2H3;1-2H3/b3-2-,5-4-;;. The first-order valence-corrected chi connectivity index (χ1v) is 14.4. The topological polar surface area (TPSA) is 113 Å². The van der Waals surface area contributed by atoms with Crippen LogP contribution in [-0.2, 0) is 20.9 Å². The molecule has 0 bridgehead atoms. The summed E-state index contributed by atoms with van der Waals surface area (Å²) in [6.07, 6.45) is 9.56. The van der Waals surface area contributed by atoms with E-state index in [0.29, 0.717) is 41.5 Å². The molecule has 1 unspecified atom stereocenters. The van der Waals surface area contributed by atoms with Gasteiger partial charge in [-0.05, 0) is 49.6 Å². The number of methoxy groups -OCH3 is 1. The van der Waals surface area contributed by atoms with Gasteiger partial charge in [0.1, 0.15) is 12.0 Å². The van der Waals surface area contributed by atoms with Gasteiger partial charge in [-0.2, -0.15) is 0 Å². The summed E-state index contributed by atoms with van der Waals surface area (Å²) in [7, 11) is 3.25. The first-order valence-electron chi connectivity index (χ1n) is 14.4. The number of nitrogens with one attached hydrogen (secondary N) is 1. The third-order valence-corrected chi connectivity index (χ3v) is 6.28. The molecule has 8 heteroatoms. The highest BCUT2D eigenvalue weighted by molar-refractivity contribution is 6.19. The maximum atomic E-state index is 12.6. The second-order valence-electron chi connectivity index (χ2n) is 9.32. The van der Waals surface area contributed by atoms with Crippen LogP contribution in [0.4, 0.5) is 0 Å². The van der Waals surface area contributed by atoms with Gasteiger partial charge in [0.25, 0.3) is 5.91 Å². The molecule has 0 aliphatic heterocycles. The predicted octanol–water partition coefficient (Wildman–Crippen LogP) is 6.21. The van der Waals surface area contributed by atoms with Crippen molar-refractivity contribution < 1.29 is 23.9 Å². The van der Waals surface area contributed by atoms with Gasteiger partial charge in [-0.25, -0.2) is 0 Å². The van der Waals surface area contributed by atoms with Crippen molar-refractivity contribution in [3.63, 3.8) is 0 Å². The van der Waals surface area contributed by atoms with E-state index in [1.165, 1.54) is 0 Å². The molecule has 1 heterocycles. The predicted molar refractivity (Wildman–Crippen MR) is 174 cm³/mol. The van der Waals surface area contributed by atoms with E-state index in [2.05, 4.69) is 14.6 Å². The number of carbonyl (C=O) groups is 3. The van der Waals surface area contributed by atoms with E-state index >= 15 is 0 Å². The number of allylic oxidation sites excluding steroid dienone is 4. The Morgan fingerprint density at radius 2 is 1.58 bits per heavy atom. The summed E-state index contributed by atoms with van der Waals surface area (Å²) < 4.78 is 12.3. The molecule has 4 rings (SSSR count). The van der Waals surface area contributed by atoms with Crippen LogP contribution in [-0.4, -0.2) is 49.5 Å². The summed E-state index contributed by atoms with van der Waals surface area (Å²) in [5.74, 6) is -0.487. The normalized spacial score (nSPS) is 11.5. The molecule has 3 aromatic carbocycles. The largest absolute Gasteiger partial charge is 0.483 e. The van der Waals surface area contributed by atoms with E-state index in [1.54, 1.807) is 26.4 Å². The van der Waals surface area contributed by atoms with E-state index in [4.69, 9.17) is 10.5 Å². The lowest BCUT2D eigenvalue weighted by atomic mass is 10.1. The Morgan fingerprint density at radius 3 is 2.21 bits per heavy atom. The molecule has 1 atom stereocenters. The molecule has 2 amide bonds. The lowest BCUT2D eigenvalue weighted by Gasteiger charge is -2.13. The molecular formula is C35H43N3O5. The van der Waals surface area contributed by atoms with Crippen LogP contribution in [0.3, 0.4) is 0 Å². The average molecular weight is 586 g/mol. The Balaban J connectivity index is 0.00000121. The second-order valence-corrected chi connectivity index (χ2v) is 9.32. The fourth-order valence-electron chi connectivity index (χ4n) is 4.54. The van der Waals surface area contributed by atoms with Gasteiger partial charge in [-0.15, -0.1) is 0 Å². The maximum Gasteiger partial charge on any atom is 0.258 e. The number of hydrogen-bond donors (Lipinski definition) is 2. The fraction of sp³-hybridized carbons (Fsp3) is 0.286. The van der Waals surface area contributed by atoms with Crippen molar-refractivity contribution in [3.05, 3.63) is 102 Å². The lowest BCUT2D eigenvalue weighted by Crippen LogP contribution is -2.38. The summed E-state index contributed by atoms with van der Waals surface area (Å²) in [4.78, 5) is 36.5. The summed E-state index contributed by atoms with van der Waals surface area (Å²) in [6.45, 7) is 6.23. The molecule has 228 valence electrons. The van der Waals surface area contributed by atoms with Gasteiger partial charge >= 0.3 is 0 Å². The van der Waals surface area contributed by atoms with E-state index in [-0.39, 0.29) is 6.61 Å². The molecule has 4 aromatic rings. The highest BCUT2D eigenvalue weighted by Gasteiger charge is 2.20. The van der Waals surface area contributed by atoms with Gasteiger partial charge in [0, 0.05) is 31.7 Å². The molecule has 0 aliphatic carbocycles. The van der Waals surface area contributed by atoms with Crippen LogP contribution in [0, 0.1) is 0 Å². The van der Waals surface area contributed by atoms with E-state index in [1.807, 2.05) is 99.7 Å². The number of carbonyl (C=O) groups excluding carboxylic acids is 3. The summed E-state index contributed by atoms with van der Waals surface area (Å²) >= 11 is 0. The fourth-order valence-corrected chi connectivity index (χ4v) is 4.54. The van der Waals surface area contributed by atoms with Crippen LogP contribution in [0.25, 0.3) is 21.8 Å². The molecule has 0 aliphatic rings. The van der Waals surface area contributed by atoms with Crippen molar-refractivity contribution in [3.8, 4) is 5.75 Å². The first kappa shape index (κ1) is 34.5. The van der Waals surface area contributed by atoms with Crippen LogP contribution in [0.1, 0.15) is 49.5 Å². The number of aromatic nitrogens is 1. The van der Waals surface area contributed by atoms with Gasteiger partial charge in [0.15, 0.2) is 6.61 Å². The molecule has 0 spiro atoms. The number of fused-ring (bicyclic) bond motifs is 3. The van der Waals surface area contributed by atoms with Crippen molar-refractivity contribution in [1.29, 1.82) is 0 Å². The van der Waals surface area contributed by atoms with Crippen LogP contribution in [0.15, 0.2) is 91.0 Å². The third kappa shape index (κ3) is 9.68. The number of nitrogens with two attached hydrogens (primary N) is 1. The minimum atomic E-state index is -0.605. The van der Waals surface area contributed by atoms with Gasteiger partial charge in [-0.3, -0.25) is 9.59 Å². The third-order valence-electron chi connectivity index (χ3n) is 6.28. The van der Waals surface area contributed by atoms with Crippen molar-refractivity contribution in [2.75, 3.05) is 20.8 Å². The van der Waals surface area contributed by atoms with E-state index < -0.39 is 17.9 Å². The number of aldehydes is 1. The lowest BCUT2D eigenvalue weighted by molar-refractivity contribution is -0.125. The molecule has 43 heavy (non-hydrogen) atoms. The monoisotopic (exact) mass is 585 g/mol. The molecule has 8 nitrogen and oxygen atoms in total. The van der Waals surface area contributed by atoms with Gasteiger partial charge in [-0.1, -0.05) is 80.6 Å². The van der Waals surface area contributed by atoms with Gasteiger partial charge in [0.2, 0.25) is 5.91 Å². The summed E-state index contributed by atoms with van der Waals surface area (Å²) in [5.41, 5.74) is 8.92. The average Bonchev–Trinajstić information content (AvgIpc) is 3.35. The van der Waals surface area contributed by atoms with Crippen LogP contribution in [0.5, 0.6) is 5.75 Å². The zero-order valence-corrected chi connectivity index (χ0v) is 25.7. The van der Waals surface area contributed by atoms with E-state index in [9.17, 15) is 14.4 Å². The molecule has 1 aromatic heterocycles. The highest BCUT2D eigenvalue weighted by Crippen LogP contribution is 2.38. The van der Waals surface area contributed by atoms with E-state index in [0.717, 1.165) is 22.9 Å². The number of primary amides is 1.